The number of aliphatic hydroxyl groups is 1. The van der Waals surface area contributed by atoms with E-state index in [4.69, 9.17) is 4.74 Å². The number of methoxy groups -OCH3 is 1. The first-order chi connectivity index (χ1) is 7.24. The number of aliphatic hydroxyl groups excluding tert-OH is 1. The van der Waals surface area contributed by atoms with Gasteiger partial charge < -0.3 is 9.84 Å². The van der Waals surface area contributed by atoms with Gasteiger partial charge in [-0.15, -0.1) is 0 Å². The Hall–Kier alpha value is -1.09. The second-order valence-electron chi connectivity index (χ2n) is 4.61. The van der Waals surface area contributed by atoms with Crippen molar-refractivity contribution in [1.29, 1.82) is 0 Å². The molecule has 0 saturated heterocycles. The molecule has 0 heterocycles. The Morgan fingerprint density at radius 3 is 3.07 bits per heavy atom. The van der Waals surface area contributed by atoms with E-state index in [1.165, 1.54) is 7.11 Å². The van der Waals surface area contributed by atoms with Crippen LogP contribution in [0.2, 0.25) is 0 Å². The molecule has 3 rings (SSSR count). The Kier molecular flexibility index (Phi) is 1.80. The normalized spacial score (nSPS) is 45.5. The molecule has 0 unspecified atom stereocenters. The van der Waals surface area contributed by atoms with Crippen molar-refractivity contribution >= 4 is 5.97 Å². The highest BCUT2D eigenvalue weighted by atomic mass is 16.5. The molecular formula is C12H14O3. The highest BCUT2D eigenvalue weighted by molar-refractivity contribution is 5.90. The molecule has 0 aromatic rings. The molecule has 3 aliphatic rings. The Bertz CT molecular complexity index is 369. The fourth-order valence-corrected chi connectivity index (χ4v) is 3.48. The van der Waals surface area contributed by atoms with Crippen LogP contribution >= 0.6 is 0 Å². The molecule has 3 nitrogen and oxygen atoms in total. The number of fused-ring (bicyclic) bond motifs is 5. The van der Waals surface area contributed by atoms with Gasteiger partial charge in [0.15, 0.2) is 0 Å². The van der Waals surface area contributed by atoms with Crippen LogP contribution in [0, 0.1) is 23.7 Å². The van der Waals surface area contributed by atoms with E-state index in [0.29, 0.717) is 17.4 Å². The van der Waals surface area contributed by atoms with E-state index in [1.807, 2.05) is 6.08 Å². The van der Waals surface area contributed by atoms with Crippen LogP contribution in [0.3, 0.4) is 0 Å². The van der Waals surface area contributed by atoms with E-state index >= 15 is 0 Å². The molecule has 1 fully saturated rings. The minimum absolute atomic E-state index is 0.00227. The smallest absolute Gasteiger partial charge is 0.333 e. The Labute approximate surface area is 88.4 Å². The van der Waals surface area contributed by atoms with Gasteiger partial charge in [0.05, 0.1) is 13.2 Å². The zero-order valence-corrected chi connectivity index (χ0v) is 8.59. The summed E-state index contributed by atoms with van der Waals surface area (Å²) in [4.78, 5) is 11.5. The van der Waals surface area contributed by atoms with Crippen molar-refractivity contribution in [1.82, 2.24) is 0 Å². The number of rotatable bonds is 1. The van der Waals surface area contributed by atoms with Crippen LogP contribution in [0.15, 0.2) is 23.8 Å². The van der Waals surface area contributed by atoms with E-state index in [9.17, 15) is 9.90 Å². The molecule has 3 aliphatic carbocycles. The summed E-state index contributed by atoms with van der Waals surface area (Å²) in [6.07, 6.45) is 6.87. The average molecular weight is 206 g/mol. The maximum Gasteiger partial charge on any atom is 0.333 e. The monoisotopic (exact) mass is 206 g/mol. The van der Waals surface area contributed by atoms with Crippen LogP contribution in [-0.2, 0) is 9.53 Å². The SMILES string of the molecule is COC(=O)C1=C[C@@H]2[C@@H](O)[C@H]1[C@@H]1CC=C[C@H]21. The minimum Gasteiger partial charge on any atom is -0.466 e. The largest absolute Gasteiger partial charge is 0.466 e. The highest BCUT2D eigenvalue weighted by Gasteiger charge is 2.56. The molecule has 0 aromatic carbocycles. The predicted molar refractivity (Wildman–Crippen MR) is 53.8 cm³/mol. The Balaban J connectivity index is 1.96. The number of hydrogen-bond acceptors (Lipinski definition) is 3. The lowest BCUT2D eigenvalue weighted by Crippen LogP contribution is -2.24. The molecule has 1 N–H and O–H groups in total. The standard InChI is InChI=1S/C12H14O3/c1-15-12(14)9-5-8-6-3-2-4-7(6)10(9)11(8)13/h2-3,5-8,10-11,13H,4H2,1H3/t6-,7+,8-,10-,11+/m0/s1. The van der Waals surface area contributed by atoms with Crippen LogP contribution in [0.4, 0.5) is 0 Å². The maximum atomic E-state index is 11.5. The first-order valence-corrected chi connectivity index (χ1v) is 5.39. The highest BCUT2D eigenvalue weighted by Crippen LogP contribution is 2.55. The molecule has 80 valence electrons. The van der Waals surface area contributed by atoms with Crippen LogP contribution in [0.1, 0.15) is 6.42 Å². The summed E-state index contributed by atoms with van der Waals surface area (Å²) in [7, 11) is 1.39. The molecule has 0 spiro atoms. The fraction of sp³-hybridized carbons (Fsp3) is 0.583. The van der Waals surface area contributed by atoms with E-state index in [1.54, 1.807) is 0 Å². The molecule has 0 aromatic heterocycles. The second-order valence-corrected chi connectivity index (χ2v) is 4.61. The lowest BCUT2D eigenvalue weighted by Gasteiger charge is -2.23. The molecule has 5 atom stereocenters. The van der Waals surface area contributed by atoms with Gasteiger partial charge in [-0.1, -0.05) is 18.2 Å². The summed E-state index contributed by atoms with van der Waals surface area (Å²) < 4.78 is 4.74. The third kappa shape index (κ3) is 1.01. The predicted octanol–water partition coefficient (Wildman–Crippen LogP) is 0.899. The van der Waals surface area contributed by atoms with Gasteiger partial charge in [-0.3, -0.25) is 0 Å². The van der Waals surface area contributed by atoms with Crippen LogP contribution in [0.25, 0.3) is 0 Å². The minimum atomic E-state index is -0.376. The molecule has 0 amide bonds. The third-order valence-corrected chi connectivity index (χ3v) is 4.08. The molecule has 15 heavy (non-hydrogen) atoms. The lowest BCUT2D eigenvalue weighted by molar-refractivity contribution is -0.137. The van der Waals surface area contributed by atoms with Gasteiger partial charge in [0, 0.05) is 17.4 Å². The first kappa shape index (κ1) is 9.16. The van der Waals surface area contributed by atoms with E-state index in [-0.39, 0.29) is 23.9 Å². The summed E-state index contributed by atoms with van der Waals surface area (Å²) in [6, 6.07) is 0. The number of carbonyl (C=O) groups is 1. The molecule has 2 bridgehead atoms. The molecular weight excluding hydrogens is 192 g/mol. The van der Waals surface area contributed by atoms with Gasteiger partial charge in [-0.25, -0.2) is 4.79 Å². The van der Waals surface area contributed by atoms with Crippen LogP contribution in [-0.4, -0.2) is 24.3 Å². The Morgan fingerprint density at radius 1 is 1.53 bits per heavy atom. The molecule has 0 aliphatic heterocycles. The lowest BCUT2D eigenvalue weighted by atomic mass is 9.81. The topological polar surface area (TPSA) is 46.5 Å². The van der Waals surface area contributed by atoms with E-state index in [0.717, 1.165) is 6.42 Å². The summed E-state index contributed by atoms with van der Waals surface area (Å²) in [5.41, 5.74) is 0.694. The zero-order chi connectivity index (χ0) is 10.6. The summed E-state index contributed by atoms with van der Waals surface area (Å²) >= 11 is 0. The molecule has 3 heteroatoms. The average Bonchev–Trinajstić information content (AvgIpc) is 2.88. The zero-order valence-electron chi connectivity index (χ0n) is 8.59. The Morgan fingerprint density at radius 2 is 2.33 bits per heavy atom. The van der Waals surface area contributed by atoms with Crippen molar-refractivity contribution < 1.29 is 14.6 Å². The van der Waals surface area contributed by atoms with Gasteiger partial charge >= 0.3 is 5.97 Å². The van der Waals surface area contributed by atoms with Gasteiger partial charge in [0.1, 0.15) is 0 Å². The summed E-state index contributed by atoms with van der Waals surface area (Å²) in [5.74, 6) is 0.727. The van der Waals surface area contributed by atoms with Crippen molar-refractivity contribution in [3.05, 3.63) is 23.8 Å². The van der Waals surface area contributed by atoms with Crippen LogP contribution < -0.4 is 0 Å². The van der Waals surface area contributed by atoms with Crippen molar-refractivity contribution in [3.8, 4) is 0 Å². The molecule has 1 saturated carbocycles. The van der Waals surface area contributed by atoms with Gasteiger partial charge in [0.2, 0.25) is 0 Å². The van der Waals surface area contributed by atoms with Gasteiger partial charge in [-0.05, 0) is 18.3 Å². The summed E-state index contributed by atoms with van der Waals surface area (Å²) in [5, 5.41) is 10.1. The number of carbonyl (C=O) groups excluding carboxylic acids is 1. The van der Waals surface area contributed by atoms with Crippen molar-refractivity contribution in [3.63, 3.8) is 0 Å². The number of allylic oxidation sites excluding steroid dienone is 2. The van der Waals surface area contributed by atoms with Gasteiger partial charge in [-0.2, -0.15) is 0 Å². The quantitative estimate of drug-likeness (QED) is 0.512. The van der Waals surface area contributed by atoms with Crippen molar-refractivity contribution in [2.45, 2.75) is 12.5 Å². The number of hydrogen-bond donors (Lipinski definition) is 1. The molecule has 0 radical (unpaired) electrons. The third-order valence-electron chi connectivity index (χ3n) is 4.08. The first-order valence-electron chi connectivity index (χ1n) is 5.39. The number of ether oxygens (including phenoxy) is 1. The number of esters is 1. The summed E-state index contributed by atoms with van der Waals surface area (Å²) in [6.45, 7) is 0. The fourth-order valence-electron chi connectivity index (χ4n) is 3.48. The van der Waals surface area contributed by atoms with E-state index < -0.39 is 0 Å². The van der Waals surface area contributed by atoms with Gasteiger partial charge in [0.25, 0.3) is 0 Å². The maximum absolute atomic E-state index is 11.5. The van der Waals surface area contributed by atoms with Crippen molar-refractivity contribution in [2.24, 2.45) is 23.7 Å². The van der Waals surface area contributed by atoms with Crippen LogP contribution in [0.5, 0.6) is 0 Å². The van der Waals surface area contributed by atoms with Crippen molar-refractivity contribution in [2.75, 3.05) is 7.11 Å². The second kappa shape index (κ2) is 2.95. The van der Waals surface area contributed by atoms with E-state index in [2.05, 4.69) is 12.2 Å².